The van der Waals surface area contributed by atoms with Crippen LogP contribution in [-0.4, -0.2) is 55.4 Å². The average molecular weight is 515 g/mol. The SMILES string of the molecule is Cc1nc2cc(C3CC4OC4(C)CCCC(C)C(O)C(C)C(=O)C(C)(C)C(O)CC(=O)O3)ccc2n1C. The van der Waals surface area contributed by atoms with Crippen LogP contribution in [0, 0.1) is 24.2 Å². The highest BCUT2D eigenvalue weighted by molar-refractivity contribution is 5.88. The Morgan fingerprint density at radius 3 is 2.54 bits per heavy atom. The molecule has 2 aliphatic heterocycles. The zero-order valence-electron chi connectivity index (χ0n) is 23.2. The Kier molecular flexibility index (Phi) is 7.58. The number of aryl methyl sites for hydroxylation is 2. The molecule has 0 amide bonds. The summed E-state index contributed by atoms with van der Waals surface area (Å²) in [7, 11) is 1.96. The lowest BCUT2D eigenvalue weighted by Crippen LogP contribution is -2.45. The van der Waals surface area contributed by atoms with Crippen molar-refractivity contribution in [1.29, 1.82) is 0 Å². The molecule has 7 atom stereocenters. The van der Waals surface area contributed by atoms with Gasteiger partial charge in [-0.3, -0.25) is 9.59 Å². The van der Waals surface area contributed by atoms with Gasteiger partial charge in [0.1, 0.15) is 17.7 Å². The fourth-order valence-electron chi connectivity index (χ4n) is 5.76. The molecular weight excluding hydrogens is 472 g/mol. The van der Waals surface area contributed by atoms with Crippen LogP contribution in [0.3, 0.4) is 0 Å². The largest absolute Gasteiger partial charge is 0.457 e. The van der Waals surface area contributed by atoms with Crippen molar-refractivity contribution in [2.24, 2.45) is 24.3 Å². The Hall–Kier alpha value is -2.29. The van der Waals surface area contributed by atoms with Gasteiger partial charge in [0.15, 0.2) is 0 Å². The van der Waals surface area contributed by atoms with Crippen LogP contribution >= 0.6 is 0 Å². The number of benzene rings is 1. The van der Waals surface area contributed by atoms with Gasteiger partial charge in [0.05, 0.1) is 46.8 Å². The molecule has 1 aromatic carbocycles. The van der Waals surface area contributed by atoms with Crippen molar-refractivity contribution in [3.63, 3.8) is 0 Å². The number of imidazole rings is 1. The van der Waals surface area contributed by atoms with E-state index in [1.54, 1.807) is 20.8 Å². The number of aliphatic hydroxyl groups excluding tert-OH is 2. The topological polar surface area (TPSA) is 114 Å². The molecule has 8 nitrogen and oxygen atoms in total. The second kappa shape index (κ2) is 10.1. The molecule has 4 rings (SSSR count). The van der Waals surface area contributed by atoms with Gasteiger partial charge in [0, 0.05) is 19.4 Å². The first kappa shape index (κ1) is 27.7. The van der Waals surface area contributed by atoms with Crippen LogP contribution in [0.25, 0.3) is 11.0 Å². The van der Waals surface area contributed by atoms with Gasteiger partial charge in [-0.15, -0.1) is 0 Å². The van der Waals surface area contributed by atoms with E-state index < -0.39 is 35.6 Å². The molecule has 204 valence electrons. The Balaban J connectivity index is 1.63. The lowest BCUT2D eigenvalue weighted by atomic mass is 9.73. The van der Waals surface area contributed by atoms with Crippen molar-refractivity contribution in [1.82, 2.24) is 9.55 Å². The number of aliphatic hydroxyl groups is 2. The van der Waals surface area contributed by atoms with Crippen LogP contribution in [0.1, 0.15) is 84.2 Å². The summed E-state index contributed by atoms with van der Waals surface area (Å²) in [6, 6.07) is 5.89. The summed E-state index contributed by atoms with van der Waals surface area (Å²) in [5, 5.41) is 21.8. The molecule has 0 spiro atoms. The van der Waals surface area contributed by atoms with E-state index in [0.717, 1.165) is 41.7 Å². The number of ether oxygens (including phenoxy) is 2. The highest BCUT2D eigenvalue weighted by Gasteiger charge is 2.53. The molecule has 2 N–H and O–H groups in total. The van der Waals surface area contributed by atoms with Crippen LogP contribution in [-0.2, 0) is 26.1 Å². The minimum atomic E-state index is -1.24. The average Bonchev–Trinajstić information content (AvgIpc) is 3.38. The number of Topliss-reactive ketones (excluding diaryl/α,β-unsaturated/α-hetero) is 1. The summed E-state index contributed by atoms with van der Waals surface area (Å²) in [6.07, 6.45) is -0.0873. The third-order valence-corrected chi connectivity index (χ3v) is 8.91. The summed E-state index contributed by atoms with van der Waals surface area (Å²) >= 11 is 0. The van der Waals surface area contributed by atoms with Gasteiger partial charge < -0.3 is 24.3 Å². The van der Waals surface area contributed by atoms with Gasteiger partial charge in [0.25, 0.3) is 0 Å². The third-order valence-electron chi connectivity index (χ3n) is 8.91. The lowest BCUT2D eigenvalue weighted by Gasteiger charge is -2.34. The van der Waals surface area contributed by atoms with Crippen molar-refractivity contribution >= 4 is 22.8 Å². The zero-order chi connectivity index (χ0) is 27.3. The molecule has 2 aliphatic rings. The highest BCUT2D eigenvalue weighted by atomic mass is 16.6. The van der Waals surface area contributed by atoms with Gasteiger partial charge in [-0.25, -0.2) is 4.98 Å². The van der Waals surface area contributed by atoms with Crippen LogP contribution in [0.2, 0.25) is 0 Å². The first-order valence-electron chi connectivity index (χ1n) is 13.5. The number of hydrogen-bond donors (Lipinski definition) is 2. The van der Waals surface area contributed by atoms with E-state index in [4.69, 9.17) is 9.47 Å². The number of aromatic nitrogens is 2. The van der Waals surface area contributed by atoms with E-state index >= 15 is 0 Å². The maximum absolute atomic E-state index is 13.3. The summed E-state index contributed by atoms with van der Waals surface area (Å²) in [5.41, 5.74) is 1.12. The number of epoxide rings is 1. The standard InChI is InChI=1S/C29H42N2O6/c1-16-9-8-12-29(6)24(37-29)14-22(19-10-11-21-20(13-19)30-18(3)31(21)7)36-25(33)15-23(32)28(4,5)27(35)17(2)26(16)34/h10-11,13,16-17,22-24,26,32,34H,8-9,12,14-15H2,1-7H3. The lowest BCUT2D eigenvalue weighted by molar-refractivity contribution is -0.156. The first-order valence-corrected chi connectivity index (χ1v) is 13.5. The molecule has 0 aliphatic carbocycles. The Labute approximate surface area is 219 Å². The number of cyclic esters (lactones) is 1. The number of carbonyl (C=O) groups is 2. The Morgan fingerprint density at radius 2 is 1.84 bits per heavy atom. The number of ketones is 1. The molecule has 1 aromatic heterocycles. The molecule has 2 fully saturated rings. The Morgan fingerprint density at radius 1 is 1.14 bits per heavy atom. The summed E-state index contributed by atoms with van der Waals surface area (Å²) in [5.74, 6) is -0.683. The molecule has 7 unspecified atom stereocenters. The highest BCUT2D eigenvalue weighted by Crippen LogP contribution is 2.46. The van der Waals surface area contributed by atoms with E-state index in [1.165, 1.54) is 0 Å². The molecular formula is C29H42N2O6. The molecule has 2 saturated heterocycles. The Bertz CT molecular complexity index is 1170. The molecule has 2 aromatic rings. The number of nitrogens with zero attached hydrogens (tertiary/aromatic N) is 2. The van der Waals surface area contributed by atoms with Crippen molar-refractivity contribution in [3.05, 3.63) is 29.6 Å². The number of carbonyl (C=O) groups excluding carboxylic acids is 2. The third kappa shape index (κ3) is 5.47. The molecule has 8 heteroatoms. The minimum absolute atomic E-state index is 0.0681. The second-order valence-corrected chi connectivity index (χ2v) is 12.1. The van der Waals surface area contributed by atoms with Crippen LogP contribution in [0.15, 0.2) is 18.2 Å². The first-order chi connectivity index (χ1) is 17.2. The van der Waals surface area contributed by atoms with E-state index in [1.807, 2.05) is 43.7 Å². The maximum Gasteiger partial charge on any atom is 0.309 e. The molecule has 0 saturated carbocycles. The van der Waals surface area contributed by atoms with Crippen molar-refractivity contribution in [2.45, 2.75) is 104 Å². The maximum atomic E-state index is 13.3. The number of rotatable bonds is 1. The van der Waals surface area contributed by atoms with Gasteiger partial charge in [-0.1, -0.05) is 40.2 Å². The summed E-state index contributed by atoms with van der Waals surface area (Å²) in [4.78, 5) is 31.0. The van der Waals surface area contributed by atoms with Crippen molar-refractivity contribution in [2.75, 3.05) is 0 Å². The van der Waals surface area contributed by atoms with Crippen LogP contribution < -0.4 is 0 Å². The van der Waals surface area contributed by atoms with Crippen LogP contribution in [0.4, 0.5) is 0 Å². The number of esters is 1. The van der Waals surface area contributed by atoms with E-state index in [2.05, 4.69) is 11.9 Å². The predicted octanol–water partition coefficient (Wildman–Crippen LogP) is 4.18. The molecule has 0 bridgehead atoms. The monoisotopic (exact) mass is 514 g/mol. The van der Waals surface area contributed by atoms with Crippen molar-refractivity contribution in [3.8, 4) is 0 Å². The van der Waals surface area contributed by atoms with E-state index in [0.29, 0.717) is 6.42 Å². The van der Waals surface area contributed by atoms with E-state index in [9.17, 15) is 19.8 Å². The summed E-state index contributed by atoms with van der Waals surface area (Å²) in [6.45, 7) is 10.9. The van der Waals surface area contributed by atoms with Gasteiger partial charge >= 0.3 is 5.97 Å². The molecule has 37 heavy (non-hydrogen) atoms. The summed E-state index contributed by atoms with van der Waals surface area (Å²) < 4.78 is 14.1. The normalized spacial score (nSPS) is 35.7. The fraction of sp³-hybridized carbons (Fsp3) is 0.690. The van der Waals surface area contributed by atoms with Crippen molar-refractivity contribution < 1.29 is 29.3 Å². The van der Waals surface area contributed by atoms with Gasteiger partial charge in [-0.05, 0) is 50.3 Å². The zero-order valence-corrected chi connectivity index (χ0v) is 23.2. The van der Waals surface area contributed by atoms with Gasteiger partial charge in [0.2, 0.25) is 0 Å². The second-order valence-electron chi connectivity index (χ2n) is 12.1. The number of hydrogen-bond acceptors (Lipinski definition) is 7. The van der Waals surface area contributed by atoms with Gasteiger partial charge in [-0.2, -0.15) is 0 Å². The smallest absolute Gasteiger partial charge is 0.309 e. The quantitative estimate of drug-likeness (QED) is 0.433. The molecule has 0 radical (unpaired) electrons. The number of fused-ring (bicyclic) bond motifs is 2. The minimum Gasteiger partial charge on any atom is -0.457 e. The predicted molar refractivity (Wildman–Crippen MR) is 140 cm³/mol. The molecule has 3 heterocycles. The fourth-order valence-corrected chi connectivity index (χ4v) is 5.76. The van der Waals surface area contributed by atoms with E-state index in [-0.39, 0.29) is 29.8 Å². The van der Waals surface area contributed by atoms with Crippen LogP contribution in [0.5, 0.6) is 0 Å².